The number of aromatic nitrogens is 1. The fourth-order valence-electron chi connectivity index (χ4n) is 2.29. The molecule has 2 amide bonds. The summed E-state index contributed by atoms with van der Waals surface area (Å²) in [5.74, 6) is 0.265. The lowest BCUT2D eigenvalue weighted by Gasteiger charge is -2.24. The summed E-state index contributed by atoms with van der Waals surface area (Å²) >= 11 is 0. The number of pyridine rings is 1. The molecule has 6 nitrogen and oxygen atoms in total. The van der Waals surface area contributed by atoms with Crippen LogP contribution in [-0.4, -0.2) is 16.8 Å². The summed E-state index contributed by atoms with van der Waals surface area (Å²) in [7, 11) is 0. The molecule has 1 unspecified atom stereocenters. The van der Waals surface area contributed by atoms with E-state index in [1.165, 1.54) is 6.20 Å². The van der Waals surface area contributed by atoms with Crippen molar-refractivity contribution in [3.63, 3.8) is 0 Å². The largest absolute Gasteiger partial charge is 0.323 e. The van der Waals surface area contributed by atoms with Gasteiger partial charge in [0.2, 0.25) is 11.8 Å². The average molecular weight is 397 g/mol. The second-order valence-electron chi connectivity index (χ2n) is 6.22. The quantitative estimate of drug-likeness (QED) is 0.722. The maximum Gasteiger partial charge on any atom is 0.248 e. The summed E-state index contributed by atoms with van der Waals surface area (Å²) in [4.78, 5) is 28.3. The molecule has 1 aromatic heterocycles. The lowest BCUT2D eigenvalue weighted by molar-refractivity contribution is -0.121. The van der Waals surface area contributed by atoms with Gasteiger partial charge in [0.1, 0.15) is 11.4 Å². The Hall–Kier alpha value is -2.15. The Kier molecular flexibility index (Phi) is 7.56. The number of hydrogen-bond donors (Lipinski definition) is 3. The number of nitrogens with one attached hydrogen (secondary N) is 2. The number of amides is 2. The van der Waals surface area contributed by atoms with Crippen LogP contribution in [-0.2, 0) is 15.1 Å². The van der Waals surface area contributed by atoms with Crippen molar-refractivity contribution >= 4 is 48.1 Å². The zero-order valence-corrected chi connectivity index (χ0v) is 15.9. The fraction of sp³-hybridized carbons (Fsp3) is 0.278. The Bertz CT molecular complexity index is 748. The lowest BCUT2D eigenvalue weighted by atomic mass is 9.92. The molecule has 0 bridgehead atoms. The fourth-order valence-corrected chi connectivity index (χ4v) is 2.29. The predicted molar refractivity (Wildman–Crippen MR) is 107 cm³/mol. The van der Waals surface area contributed by atoms with Crippen molar-refractivity contribution in [3.8, 4) is 0 Å². The second-order valence-corrected chi connectivity index (χ2v) is 6.22. The van der Waals surface area contributed by atoms with Gasteiger partial charge < -0.3 is 16.4 Å². The third kappa shape index (κ3) is 5.17. The second kappa shape index (κ2) is 8.98. The van der Waals surface area contributed by atoms with E-state index in [1.807, 2.05) is 30.3 Å². The van der Waals surface area contributed by atoms with Crippen molar-refractivity contribution in [1.29, 1.82) is 0 Å². The summed E-state index contributed by atoms with van der Waals surface area (Å²) in [5, 5.41) is 5.51. The standard InChI is InChI=1S/C18H20N4O2.2ClH/c1-18(19,13-5-3-2-4-6-13)17(24)21-14-9-10-15(20-11-14)22-16(23)12-7-8-12;;/h2-6,9-12H,7-8,19H2,1H3,(H,21,24)(H,20,22,23);2*1H. The van der Waals surface area contributed by atoms with Crippen molar-refractivity contribution in [3.05, 3.63) is 54.2 Å². The van der Waals surface area contributed by atoms with Crippen LogP contribution in [0.15, 0.2) is 48.7 Å². The van der Waals surface area contributed by atoms with Crippen LogP contribution >= 0.6 is 24.8 Å². The van der Waals surface area contributed by atoms with E-state index in [1.54, 1.807) is 19.1 Å². The van der Waals surface area contributed by atoms with Gasteiger partial charge in [0.05, 0.1) is 11.9 Å². The number of rotatable bonds is 5. The minimum Gasteiger partial charge on any atom is -0.323 e. The Morgan fingerprint density at radius 1 is 1.08 bits per heavy atom. The highest BCUT2D eigenvalue weighted by atomic mass is 35.5. The number of halogens is 2. The number of nitrogens with zero attached hydrogens (tertiary/aromatic N) is 1. The van der Waals surface area contributed by atoms with E-state index < -0.39 is 5.54 Å². The minimum absolute atomic E-state index is 0. The summed E-state index contributed by atoms with van der Waals surface area (Å²) in [6.07, 6.45) is 3.38. The first-order chi connectivity index (χ1) is 11.5. The highest BCUT2D eigenvalue weighted by molar-refractivity contribution is 5.98. The van der Waals surface area contributed by atoms with Gasteiger partial charge in [0.25, 0.3) is 0 Å². The number of carbonyl (C=O) groups is 2. The van der Waals surface area contributed by atoms with Crippen LogP contribution in [0.2, 0.25) is 0 Å². The summed E-state index contributed by atoms with van der Waals surface area (Å²) < 4.78 is 0. The van der Waals surface area contributed by atoms with Crippen molar-refractivity contribution in [2.75, 3.05) is 10.6 Å². The van der Waals surface area contributed by atoms with Gasteiger partial charge in [-0.05, 0) is 37.5 Å². The van der Waals surface area contributed by atoms with E-state index in [9.17, 15) is 9.59 Å². The third-order valence-electron chi connectivity index (χ3n) is 4.07. The summed E-state index contributed by atoms with van der Waals surface area (Å²) in [5.41, 5.74) is 6.27. The molecule has 8 heteroatoms. The Balaban J connectivity index is 0.00000169. The molecule has 1 fully saturated rings. The minimum atomic E-state index is -1.15. The molecule has 1 heterocycles. The van der Waals surface area contributed by atoms with Gasteiger partial charge in [0, 0.05) is 5.92 Å². The molecule has 140 valence electrons. The van der Waals surface area contributed by atoms with Crippen LogP contribution in [0.4, 0.5) is 11.5 Å². The number of hydrogen-bond acceptors (Lipinski definition) is 4. The summed E-state index contributed by atoms with van der Waals surface area (Å²) in [6.45, 7) is 1.66. The molecular formula is C18H22Cl2N4O2. The SMILES string of the molecule is CC(N)(C(=O)Nc1ccc(NC(=O)C2CC2)nc1)c1ccccc1.Cl.Cl. The first-order valence-electron chi connectivity index (χ1n) is 7.89. The lowest BCUT2D eigenvalue weighted by Crippen LogP contribution is -2.45. The topological polar surface area (TPSA) is 97.1 Å². The van der Waals surface area contributed by atoms with Crippen LogP contribution < -0.4 is 16.4 Å². The van der Waals surface area contributed by atoms with E-state index in [4.69, 9.17) is 5.73 Å². The van der Waals surface area contributed by atoms with Gasteiger partial charge in [-0.1, -0.05) is 30.3 Å². The Morgan fingerprint density at radius 2 is 1.73 bits per heavy atom. The highest BCUT2D eigenvalue weighted by Gasteiger charge is 2.31. The molecule has 1 aromatic carbocycles. The van der Waals surface area contributed by atoms with Crippen LogP contribution in [0, 0.1) is 5.92 Å². The summed E-state index contributed by atoms with van der Waals surface area (Å²) in [6, 6.07) is 12.5. The molecule has 26 heavy (non-hydrogen) atoms. The third-order valence-corrected chi connectivity index (χ3v) is 4.07. The van der Waals surface area contributed by atoms with E-state index in [-0.39, 0.29) is 42.5 Å². The monoisotopic (exact) mass is 396 g/mol. The van der Waals surface area contributed by atoms with Gasteiger partial charge in [-0.25, -0.2) is 4.98 Å². The van der Waals surface area contributed by atoms with E-state index >= 15 is 0 Å². The van der Waals surface area contributed by atoms with Crippen LogP contribution in [0.3, 0.4) is 0 Å². The number of anilines is 2. The van der Waals surface area contributed by atoms with Crippen LogP contribution in [0.1, 0.15) is 25.3 Å². The number of carbonyl (C=O) groups excluding carboxylic acids is 2. The zero-order valence-electron chi connectivity index (χ0n) is 14.3. The normalized spacial score (nSPS) is 14.8. The molecule has 1 saturated carbocycles. The van der Waals surface area contributed by atoms with Gasteiger partial charge >= 0.3 is 0 Å². The van der Waals surface area contributed by atoms with Crippen molar-refractivity contribution in [2.24, 2.45) is 11.7 Å². The molecule has 0 aliphatic heterocycles. The molecule has 1 aliphatic carbocycles. The Morgan fingerprint density at radius 3 is 2.27 bits per heavy atom. The first-order valence-corrected chi connectivity index (χ1v) is 7.89. The van der Waals surface area contributed by atoms with E-state index in [2.05, 4.69) is 15.6 Å². The molecule has 4 N–H and O–H groups in total. The average Bonchev–Trinajstić information content (AvgIpc) is 3.42. The van der Waals surface area contributed by atoms with Crippen molar-refractivity contribution < 1.29 is 9.59 Å². The maximum atomic E-state index is 12.5. The molecule has 0 saturated heterocycles. The van der Waals surface area contributed by atoms with Crippen LogP contribution in [0.5, 0.6) is 0 Å². The highest BCUT2D eigenvalue weighted by Crippen LogP contribution is 2.30. The van der Waals surface area contributed by atoms with Crippen molar-refractivity contribution in [2.45, 2.75) is 25.3 Å². The van der Waals surface area contributed by atoms with Gasteiger partial charge in [0.15, 0.2) is 0 Å². The predicted octanol–water partition coefficient (Wildman–Crippen LogP) is 3.09. The molecular weight excluding hydrogens is 375 g/mol. The van der Waals surface area contributed by atoms with Gasteiger partial charge in [-0.2, -0.15) is 0 Å². The maximum absolute atomic E-state index is 12.5. The van der Waals surface area contributed by atoms with Crippen molar-refractivity contribution in [1.82, 2.24) is 4.98 Å². The number of benzene rings is 1. The zero-order chi connectivity index (χ0) is 17.2. The van der Waals surface area contributed by atoms with Gasteiger partial charge in [-0.3, -0.25) is 9.59 Å². The van der Waals surface area contributed by atoms with E-state index in [0.717, 1.165) is 18.4 Å². The molecule has 2 aromatic rings. The molecule has 3 rings (SSSR count). The first kappa shape index (κ1) is 21.9. The van der Waals surface area contributed by atoms with Gasteiger partial charge in [-0.15, -0.1) is 24.8 Å². The van der Waals surface area contributed by atoms with Crippen LogP contribution in [0.25, 0.3) is 0 Å². The molecule has 1 aliphatic rings. The molecule has 0 radical (unpaired) electrons. The smallest absolute Gasteiger partial charge is 0.248 e. The number of nitrogens with two attached hydrogens (primary N) is 1. The Labute approximate surface area is 164 Å². The molecule has 1 atom stereocenters. The van der Waals surface area contributed by atoms with E-state index in [0.29, 0.717) is 11.5 Å². The molecule has 0 spiro atoms.